The number of rotatable bonds is 3. The summed E-state index contributed by atoms with van der Waals surface area (Å²) in [4.78, 5) is 0. The van der Waals surface area contributed by atoms with Gasteiger partial charge in [0.2, 0.25) is 0 Å². The molecule has 1 heterocycles. The van der Waals surface area contributed by atoms with E-state index >= 15 is 0 Å². The minimum Gasteiger partial charge on any atom is -0.388 e. The summed E-state index contributed by atoms with van der Waals surface area (Å²) < 4.78 is 20.4. The molecule has 0 aromatic heterocycles. The van der Waals surface area contributed by atoms with Gasteiger partial charge in [-0.2, -0.15) is 0 Å². The average Bonchev–Trinajstić information content (AvgIpc) is 2.47. The molecule has 110 valence electrons. The molecule has 2 atom stereocenters. The van der Waals surface area contributed by atoms with E-state index in [2.05, 4.69) is 22.0 Å². The molecule has 21 heavy (non-hydrogen) atoms. The fraction of sp³-hybridized carbons (Fsp3) is 0.294. The van der Waals surface area contributed by atoms with Crippen LogP contribution in [0.5, 0.6) is 0 Å². The van der Waals surface area contributed by atoms with Crippen LogP contribution in [0.25, 0.3) is 0 Å². The lowest BCUT2D eigenvalue weighted by Crippen LogP contribution is -2.18. The van der Waals surface area contributed by atoms with Crippen LogP contribution in [-0.2, 0) is 11.2 Å². The number of hydrogen-bond donors (Lipinski definition) is 1. The highest BCUT2D eigenvalue weighted by molar-refractivity contribution is 9.10. The maximum atomic E-state index is 13.9. The van der Waals surface area contributed by atoms with E-state index in [4.69, 9.17) is 4.74 Å². The molecule has 1 aliphatic heterocycles. The van der Waals surface area contributed by atoms with Crippen LogP contribution < -0.4 is 0 Å². The van der Waals surface area contributed by atoms with Gasteiger partial charge in [0.25, 0.3) is 0 Å². The molecule has 3 rings (SSSR count). The lowest BCUT2D eigenvalue weighted by molar-refractivity contribution is 0.00304. The highest BCUT2D eigenvalue weighted by Gasteiger charge is 2.25. The normalized spacial score (nSPS) is 19.1. The average molecular weight is 351 g/mol. The first-order valence-electron chi connectivity index (χ1n) is 6.97. The van der Waals surface area contributed by atoms with Crippen molar-refractivity contribution in [3.63, 3.8) is 0 Å². The summed E-state index contributed by atoms with van der Waals surface area (Å²) in [6, 6.07) is 12.8. The highest BCUT2D eigenvalue weighted by atomic mass is 79.9. The van der Waals surface area contributed by atoms with Crippen LogP contribution in [0.2, 0.25) is 0 Å². The van der Waals surface area contributed by atoms with E-state index in [0.717, 1.165) is 12.0 Å². The molecule has 0 radical (unpaired) electrons. The molecule has 0 bridgehead atoms. The number of aliphatic hydroxyl groups excluding tert-OH is 1. The second kappa shape index (κ2) is 6.26. The predicted molar refractivity (Wildman–Crippen MR) is 82.5 cm³/mol. The number of fused-ring (bicyclic) bond motifs is 1. The fourth-order valence-corrected chi connectivity index (χ4v) is 3.11. The molecule has 0 amide bonds. The lowest BCUT2D eigenvalue weighted by Gasteiger charge is -2.28. The molecule has 1 aliphatic rings. The maximum Gasteiger partial charge on any atom is 0.130 e. The van der Waals surface area contributed by atoms with Gasteiger partial charge in [0.05, 0.1) is 18.8 Å². The third kappa shape index (κ3) is 3.18. The molecule has 4 heteroatoms. The SMILES string of the molecule is OC(CC1OCCc2ccccc21)c1ccc(Br)cc1F. The molecule has 0 saturated carbocycles. The Morgan fingerprint density at radius 1 is 1.29 bits per heavy atom. The van der Waals surface area contributed by atoms with Gasteiger partial charge in [-0.3, -0.25) is 0 Å². The first-order valence-corrected chi connectivity index (χ1v) is 7.77. The molecule has 2 unspecified atom stereocenters. The molecular formula is C17H16BrFO2. The number of benzene rings is 2. The largest absolute Gasteiger partial charge is 0.388 e. The smallest absolute Gasteiger partial charge is 0.130 e. The second-order valence-corrected chi connectivity index (χ2v) is 6.14. The van der Waals surface area contributed by atoms with E-state index in [0.29, 0.717) is 23.1 Å². The minimum atomic E-state index is -0.880. The van der Waals surface area contributed by atoms with Crippen molar-refractivity contribution < 1.29 is 14.2 Å². The van der Waals surface area contributed by atoms with Crippen LogP contribution in [0.15, 0.2) is 46.9 Å². The Bertz CT molecular complexity index is 644. The van der Waals surface area contributed by atoms with Gasteiger partial charge in [0.15, 0.2) is 0 Å². The Morgan fingerprint density at radius 3 is 2.90 bits per heavy atom. The van der Waals surface area contributed by atoms with Crippen LogP contribution in [0.1, 0.15) is 35.3 Å². The van der Waals surface area contributed by atoms with Crippen molar-refractivity contribution in [3.8, 4) is 0 Å². The molecule has 2 aromatic carbocycles. The summed E-state index contributed by atoms with van der Waals surface area (Å²) in [7, 11) is 0. The highest BCUT2D eigenvalue weighted by Crippen LogP contribution is 2.35. The van der Waals surface area contributed by atoms with Crippen molar-refractivity contribution in [3.05, 3.63) is 69.4 Å². The van der Waals surface area contributed by atoms with Crippen LogP contribution in [0.4, 0.5) is 4.39 Å². The van der Waals surface area contributed by atoms with Crippen molar-refractivity contribution in [2.24, 2.45) is 0 Å². The predicted octanol–water partition coefficient (Wildman–Crippen LogP) is 4.33. The van der Waals surface area contributed by atoms with E-state index < -0.39 is 11.9 Å². The maximum absolute atomic E-state index is 13.9. The van der Waals surface area contributed by atoms with E-state index in [9.17, 15) is 9.50 Å². The molecule has 2 nitrogen and oxygen atoms in total. The topological polar surface area (TPSA) is 29.5 Å². The third-order valence-electron chi connectivity index (χ3n) is 3.85. The van der Waals surface area contributed by atoms with Crippen LogP contribution in [0.3, 0.4) is 0 Å². The summed E-state index contributed by atoms with van der Waals surface area (Å²) in [6.45, 7) is 0.636. The molecule has 2 aromatic rings. The first kappa shape index (κ1) is 14.7. The minimum absolute atomic E-state index is 0.187. The Labute approximate surface area is 131 Å². The molecule has 0 saturated heterocycles. The molecular weight excluding hydrogens is 335 g/mol. The van der Waals surface area contributed by atoms with Crippen LogP contribution in [0, 0.1) is 5.82 Å². The number of aliphatic hydroxyl groups is 1. The standard InChI is InChI=1S/C17H16BrFO2/c18-12-5-6-14(15(19)9-12)16(20)10-17-13-4-2-1-3-11(13)7-8-21-17/h1-6,9,16-17,20H,7-8,10H2. The van der Waals surface area contributed by atoms with Crippen molar-refractivity contribution in [2.45, 2.75) is 25.0 Å². The van der Waals surface area contributed by atoms with Gasteiger partial charge in [-0.25, -0.2) is 4.39 Å². The van der Waals surface area contributed by atoms with Gasteiger partial charge in [-0.15, -0.1) is 0 Å². The van der Waals surface area contributed by atoms with E-state index in [1.807, 2.05) is 18.2 Å². The van der Waals surface area contributed by atoms with Gasteiger partial charge in [-0.1, -0.05) is 46.3 Å². The van der Waals surface area contributed by atoms with E-state index in [1.54, 1.807) is 12.1 Å². The van der Waals surface area contributed by atoms with Gasteiger partial charge in [-0.05, 0) is 29.7 Å². The third-order valence-corrected chi connectivity index (χ3v) is 4.34. The van der Waals surface area contributed by atoms with E-state index in [1.165, 1.54) is 11.6 Å². The summed E-state index contributed by atoms with van der Waals surface area (Å²) in [6.07, 6.45) is 0.174. The van der Waals surface area contributed by atoms with Crippen LogP contribution in [-0.4, -0.2) is 11.7 Å². The van der Waals surface area contributed by atoms with Gasteiger partial charge < -0.3 is 9.84 Å². The van der Waals surface area contributed by atoms with Gasteiger partial charge >= 0.3 is 0 Å². The zero-order valence-corrected chi connectivity index (χ0v) is 13.0. The van der Waals surface area contributed by atoms with Crippen molar-refractivity contribution in [2.75, 3.05) is 6.61 Å². The summed E-state index contributed by atoms with van der Waals surface area (Å²) in [5.41, 5.74) is 2.66. The summed E-state index contributed by atoms with van der Waals surface area (Å²) >= 11 is 3.22. The summed E-state index contributed by atoms with van der Waals surface area (Å²) in [5.74, 6) is -0.402. The van der Waals surface area contributed by atoms with E-state index in [-0.39, 0.29) is 6.10 Å². The van der Waals surface area contributed by atoms with Gasteiger partial charge in [0.1, 0.15) is 5.82 Å². The van der Waals surface area contributed by atoms with Crippen LogP contribution >= 0.6 is 15.9 Å². The number of halogens is 2. The Balaban J connectivity index is 1.81. The second-order valence-electron chi connectivity index (χ2n) is 5.23. The van der Waals surface area contributed by atoms with Gasteiger partial charge in [0, 0.05) is 16.5 Å². The monoisotopic (exact) mass is 350 g/mol. The lowest BCUT2D eigenvalue weighted by atomic mass is 9.92. The Morgan fingerprint density at radius 2 is 2.10 bits per heavy atom. The quantitative estimate of drug-likeness (QED) is 0.892. The number of hydrogen-bond acceptors (Lipinski definition) is 2. The number of ether oxygens (including phenoxy) is 1. The molecule has 0 fully saturated rings. The van der Waals surface area contributed by atoms with Crippen molar-refractivity contribution >= 4 is 15.9 Å². The summed E-state index contributed by atoms with van der Waals surface area (Å²) in [5, 5.41) is 10.3. The van der Waals surface area contributed by atoms with Crippen molar-refractivity contribution in [1.82, 2.24) is 0 Å². The molecule has 0 aliphatic carbocycles. The van der Waals surface area contributed by atoms with Crippen molar-refractivity contribution in [1.29, 1.82) is 0 Å². The molecule has 1 N–H and O–H groups in total. The Hall–Kier alpha value is -1.23. The fourth-order valence-electron chi connectivity index (χ4n) is 2.77. The zero-order chi connectivity index (χ0) is 14.8. The Kier molecular flexibility index (Phi) is 4.38. The zero-order valence-electron chi connectivity index (χ0n) is 11.4. The molecule has 0 spiro atoms. The first-order chi connectivity index (χ1) is 10.1.